The number of nitrogens with one attached hydrogen (secondary N) is 1. The summed E-state index contributed by atoms with van der Waals surface area (Å²) in [4.78, 5) is 22.5. The lowest BCUT2D eigenvalue weighted by molar-refractivity contribution is -0.384. The van der Waals surface area contributed by atoms with E-state index in [1.165, 1.54) is 18.3 Å². The zero-order valence-electron chi connectivity index (χ0n) is 15.1. The van der Waals surface area contributed by atoms with Crippen LogP contribution >= 0.6 is 0 Å². The van der Waals surface area contributed by atoms with Crippen molar-refractivity contribution in [2.75, 3.05) is 0 Å². The Labute approximate surface area is 165 Å². The van der Waals surface area contributed by atoms with Crippen LogP contribution in [0.3, 0.4) is 0 Å². The van der Waals surface area contributed by atoms with Gasteiger partial charge >= 0.3 is 0 Å². The molecule has 7 heteroatoms. The summed E-state index contributed by atoms with van der Waals surface area (Å²) in [6.07, 6.45) is 1.40. The number of carbonyl (C=O) groups is 1. The van der Waals surface area contributed by atoms with Crippen molar-refractivity contribution < 1.29 is 14.1 Å². The molecule has 0 aliphatic carbocycles. The number of nitro benzene ring substituents is 1. The van der Waals surface area contributed by atoms with Crippen LogP contribution in [0.25, 0.3) is 22.1 Å². The van der Waals surface area contributed by atoms with Gasteiger partial charge in [-0.05, 0) is 47.2 Å². The monoisotopic (exact) mass is 385 g/mol. The smallest absolute Gasteiger partial charge is 0.271 e. The van der Waals surface area contributed by atoms with Crippen molar-refractivity contribution in [3.63, 3.8) is 0 Å². The summed E-state index contributed by atoms with van der Waals surface area (Å²) in [7, 11) is 0. The van der Waals surface area contributed by atoms with Crippen molar-refractivity contribution >= 4 is 28.6 Å². The molecule has 142 valence electrons. The summed E-state index contributed by atoms with van der Waals surface area (Å²) in [6.45, 7) is 0. The molecule has 0 aliphatic rings. The predicted octanol–water partition coefficient (Wildman–Crippen LogP) is 4.77. The van der Waals surface area contributed by atoms with E-state index in [4.69, 9.17) is 4.42 Å². The highest BCUT2D eigenvalue weighted by Crippen LogP contribution is 2.24. The number of nitro groups is 1. The van der Waals surface area contributed by atoms with Crippen molar-refractivity contribution in [1.29, 1.82) is 0 Å². The quantitative estimate of drug-likeness (QED) is 0.304. The van der Waals surface area contributed by atoms with E-state index in [0.29, 0.717) is 22.6 Å². The third kappa shape index (κ3) is 4.03. The number of hydrogen-bond donors (Lipinski definition) is 1. The van der Waals surface area contributed by atoms with Crippen molar-refractivity contribution in [3.05, 3.63) is 100 Å². The number of amides is 1. The summed E-state index contributed by atoms with van der Waals surface area (Å²) in [5.41, 5.74) is 3.70. The maximum Gasteiger partial charge on any atom is 0.271 e. The lowest BCUT2D eigenvalue weighted by atomic mass is 10.1. The minimum Gasteiger partial charge on any atom is -0.455 e. The summed E-state index contributed by atoms with van der Waals surface area (Å²) >= 11 is 0. The Kier molecular flexibility index (Phi) is 4.86. The molecular formula is C22H15N3O4. The van der Waals surface area contributed by atoms with Gasteiger partial charge in [-0.1, -0.05) is 30.3 Å². The third-order valence-electron chi connectivity index (χ3n) is 4.36. The molecule has 3 aromatic carbocycles. The molecule has 0 aliphatic heterocycles. The number of furan rings is 1. The first-order valence-corrected chi connectivity index (χ1v) is 8.77. The molecule has 0 spiro atoms. The molecule has 1 N–H and O–H groups in total. The Hall–Kier alpha value is -4.26. The fourth-order valence-corrected chi connectivity index (χ4v) is 2.87. The van der Waals surface area contributed by atoms with Crippen LogP contribution in [-0.2, 0) is 0 Å². The van der Waals surface area contributed by atoms with Crippen molar-refractivity contribution in [2.45, 2.75) is 0 Å². The van der Waals surface area contributed by atoms with E-state index in [9.17, 15) is 14.9 Å². The molecule has 1 amide bonds. The normalized spacial score (nSPS) is 11.0. The lowest BCUT2D eigenvalue weighted by Gasteiger charge is -2.02. The van der Waals surface area contributed by atoms with E-state index in [0.717, 1.165) is 10.8 Å². The van der Waals surface area contributed by atoms with Crippen LogP contribution < -0.4 is 5.43 Å². The van der Waals surface area contributed by atoms with Crippen LogP contribution in [-0.4, -0.2) is 17.0 Å². The second kappa shape index (κ2) is 7.77. The van der Waals surface area contributed by atoms with Gasteiger partial charge in [0, 0.05) is 23.3 Å². The van der Waals surface area contributed by atoms with Crippen LogP contribution in [0.1, 0.15) is 16.1 Å². The molecule has 0 bridgehead atoms. The molecule has 0 saturated heterocycles. The number of carbonyl (C=O) groups excluding carboxylic acids is 1. The van der Waals surface area contributed by atoms with Crippen molar-refractivity contribution in [3.8, 4) is 11.3 Å². The molecule has 4 rings (SSSR count). The molecule has 0 unspecified atom stereocenters. The van der Waals surface area contributed by atoms with Crippen molar-refractivity contribution in [2.24, 2.45) is 5.10 Å². The first-order valence-electron chi connectivity index (χ1n) is 8.77. The second-order valence-electron chi connectivity index (χ2n) is 6.27. The van der Waals surface area contributed by atoms with Crippen LogP contribution in [0.2, 0.25) is 0 Å². The SMILES string of the molecule is O=C(N/N=C\c1ccc(-c2ccc([N+](=O)[O-])cc2)o1)c1ccc2ccccc2c1. The number of hydrogen-bond acceptors (Lipinski definition) is 5. The molecule has 0 atom stereocenters. The van der Waals surface area contributed by atoms with Gasteiger partial charge in [0.2, 0.25) is 0 Å². The Morgan fingerprint density at radius 1 is 0.966 bits per heavy atom. The summed E-state index contributed by atoms with van der Waals surface area (Å²) < 4.78 is 5.64. The van der Waals surface area contributed by atoms with Gasteiger partial charge in [-0.25, -0.2) is 5.43 Å². The first kappa shape index (κ1) is 18.1. The molecule has 29 heavy (non-hydrogen) atoms. The second-order valence-corrected chi connectivity index (χ2v) is 6.27. The molecule has 0 saturated carbocycles. The Morgan fingerprint density at radius 2 is 1.72 bits per heavy atom. The van der Waals surface area contributed by atoms with E-state index in [-0.39, 0.29) is 11.6 Å². The van der Waals surface area contributed by atoms with Gasteiger partial charge in [-0.3, -0.25) is 14.9 Å². The highest BCUT2D eigenvalue weighted by atomic mass is 16.6. The average molecular weight is 385 g/mol. The number of rotatable bonds is 5. The number of hydrazone groups is 1. The maximum atomic E-state index is 12.3. The third-order valence-corrected chi connectivity index (χ3v) is 4.36. The summed E-state index contributed by atoms with van der Waals surface area (Å²) in [6, 6.07) is 22.7. The minimum atomic E-state index is -0.456. The van der Waals surface area contributed by atoms with Gasteiger partial charge in [0.1, 0.15) is 11.5 Å². The van der Waals surface area contributed by atoms with Crippen molar-refractivity contribution in [1.82, 2.24) is 5.43 Å². The zero-order chi connectivity index (χ0) is 20.2. The highest BCUT2D eigenvalue weighted by molar-refractivity contribution is 5.98. The average Bonchev–Trinajstić information content (AvgIpc) is 3.22. The highest BCUT2D eigenvalue weighted by Gasteiger charge is 2.08. The first-order chi connectivity index (χ1) is 14.1. The molecule has 0 fully saturated rings. The van der Waals surface area contributed by atoms with Crippen LogP contribution in [0.15, 0.2) is 88.4 Å². The Morgan fingerprint density at radius 3 is 2.48 bits per heavy atom. The van der Waals surface area contributed by atoms with Crippen LogP contribution in [0.4, 0.5) is 5.69 Å². The largest absolute Gasteiger partial charge is 0.455 e. The van der Waals surface area contributed by atoms with E-state index >= 15 is 0 Å². The number of nitrogens with zero attached hydrogens (tertiary/aromatic N) is 2. The van der Waals surface area contributed by atoms with Gasteiger partial charge < -0.3 is 4.42 Å². The van der Waals surface area contributed by atoms with E-state index in [1.54, 1.807) is 36.4 Å². The van der Waals surface area contributed by atoms with Gasteiger partial charge in [-0.15, -0.1) is 0 Å². The van der Waals surface area contributed by atoms with Crippen LogP contribution in [0, 0.1) is 10.1 Å². The summed E-state index contributed by atoms with van der Waals surface area (Å²) in [5, 5.41) is 16.7. The van der Waals surface area contributed by atoms with E-state index in [1.807, 2.05) is 30.3 Å². The number of non-ortho nitro benzene ring substituents is 1. The van der Waals surface area contributed by atoms with E-state index < -0.39 is 4.92 Å². The molecule has 7 nitrogen and oxygen atoms in total. The Balaban J connectivity index is 1.42. The van der Waals surface area contributed by atoms with E-state index in [2.05, 4.69) is 10.5 Å². The number of benzene rings is 3. The van der Waals surface area contributed by atoms with Gasteiger partial charge in [0.05, 0.1) is 11.1 Å². The van der Waals surface area contributed by atoms with Gasteiger partial charge in [0.15, 0.2) is 0 Å². The lowest BCUT2D eigenvalue weighted by Crippen LogP contribution is -2.17. The van der Waals surface area contributed by atoms with Gasteiger partial charge in [0.25, 0.3) is 11.6 Å². The standard InChI is InChI=1S/C22H15N3O4/c26-22(18-6-5-15-3-1-2-4-17(15)13-18)24-23-14-20-11-12-21(29-20)16-7-9-19(10-8-16)25(27)28/h1-14H,(H,24,26)/b23-14-. The topological polar surface area (TPSA) is 97.7 Å². The van der Waals surface area contributed by atoms with Gasteiger partial charge in [-0.2, -0.15) is 5.10 Å². The Bertz CT molecular complexity index is 1230. The maximum absolute atomic E-state index is 12.3. The zero-order valence-corrected chi connectivity index (χ0v) is 15.1. The molecular weight excluding hydrogens is 370 g/mol. The number of fused-ring (bicyclic) bond motifs is 1. The van der Waals surface area contributed by atoms with Crippen LogP contribution in [0.5, 0.6) is 0 Å². The molecule has 1 heterocycles. The molecule has 4 aromatic rings. The summed E-state index contributed by atoms with van der Waals surface area (Å²) in [5.74, 6) is 0.661. The minimum absolute atomic E-state index is 0.0125. The fourth-order valence-electron chi connectivity index (χ4n) is 2.87. The molecule has 1 aromatic heterocycles. The predicted molar refractivity (Wildman–Crippen MR) is 110 cm³/mol. The molecule has 0 radical (unpaired) electrons. The fraction of sp³-hybridized carbons (Fsp3) is 0.